The molecule has 26 heavy (non-hydrogen) atoms. The van der Waals surface area contributed by atoms with E-state index in [0.29, 0.717) is 12.2 Å². The van der Waals surface area contributed by atoms with Gasteiger partial charge >= 0.3 is 0 Å². The van der Waals surface area contributed by atoms with E-state index < -0.39 is 0 Å². The van der Waals surface area contributed by atoms with Gasteiger partial charge in [0.15, 0.2) is 0 Å². The summed E-state index contributed by atoms with van der Waals surface area (Å²) in [6.07, 6.45) is 0. The number of rotatable bonds is 5. The molecule has 0 fully saturated rings. The van der Waals surface area contributed by atoms with E-state index in [1.807, 2.05) is 48.3 Å². The summed E-state index contributed by atoms with van der Waals surface area (Å²) in [6, 6.07) is 17.6. The van der Waals surface area contributed by atoms with Gasteiger partial charge in [-0.3, -0.25) is 9.36 Å². The van der Waals surface area contributed by atoms with E-state index in [-0.39, 0.29) is 11.5 Å². The molecule has 1 heterocycles. The van der Waals surface area contributed by atoms with Gasteiger partial charge in [0.25, 0.3) is 5.56 Å². The zero-order chi connectivity index (χ0) is 18.7. The second kappa shape index (κ2) is 7.31. The number of aromatic nitrogens is 2. The predicted octanol–water partition coefficient (Wildman–Crippen LogP) is 2.67. The van der Waals surface area contributed by atoms with Crippen LogP contribution in [0.15, 0.2) is 59.4 Å². The average molecular weight is 350 g/mol. The minimum Gasteiger partial charge on any atom is -0.497 e. The lowest BCUT2D eigenvalue weighted by Crippen LogP contribution is -2.25. The van der Waals surface area contributed by atoms with E-state index in [4.69, 9.17) is 10.5 Å². The molecule has 0 atom stereocenters. The first-order chi connectivity index (χ1) is 12.5. The molecule has 6 heteroatoms. The molecular weight excluding hydrogens is 328 g/mol. The molecule has 2 N–H and O–H groups in total. The maximum Gasteiger partial charge on any atom is 0.254 e. The van der Waals surface area contributed by atoms with Crippen molar-refractivity contribution in [3.8, 4) is 16.9 Å². The molecule has 0 unspecified atom stereocenters. The zero-order valence-electron chi connectivity index (χ0n) is 15.1. The fraction of sp³-hybridized carbons (Fsp3) is 0.200. The highest BCUT2D eigenvalue weighted by molar-refractivity contribution is 5.69. The standard InChI is InChI=1S/C20H22N4O2/c1-23(13-16-12-19(25)24(2)20(21)22-16)17-8-4-6-14(10-17)15-7-5-9-18(11-15)26-3/h4-12H,13H2,1-3H3,(H2,21,22). The van der Waals surface area contributed by atoms with E-state index in [0.717, 1.165) is 22.6 Å². The van der Waals surface area contributed by atoms with Crippen molar-refractivity contribution in [1.29, 1.82) is 0 Å². The molecule has 3 aromatic rings. The molecule has 0 saturated heterocycles. The predicted molar refractivity (Wildman–Crippen MR) is 104 cm³/mol. The summed E-state index contributed by atoms with van der Waals surface area (Å²) in [5, 5.41) is 0. The number of methoxy groups -OCH3 is 1. The SMILES string of the molecule is COc1cccc(-c2cccc(N(C)Cc3cc(=O)n(C)c(N)n3)c2)c1. The summed E-state index contributed by atoms with van der Waals surface area (Å²) in [6.45, 7) is 0.488. The number of benzene rings is 2. The molecule has 134 valence electrons. The van der Waals surface area contributed by atoms with Crippen LogP contribution in [0.4, 0.5) is 11.6 Å². The summed E-state index contributed by atoms with van der Waals surface area (Å²) in [5.74, 6) is 1.03. The molecule has 2 aromatic carbocycles. The molecule has 0 spiro atoms. The lowest BCUT2D eigenvalue weighted by molar-refractivity contribution is 0.415. The van der Waals surface area contributed by atoms with Crippen LogP contribution in [0.2, 0.25) is 0 Å². The first-order valence-electron chi connectivity index (χ1n) is 8.26. The molecule has 0 aliphatic heterocycles. The van der Waals surface area contributed by atoms with Gasteiger partial charge in [-0.15, -0.1) is 0 Å². The minimum atomic E-state index is -0.161. The van der Waals surface area contributed by atoms with Gasteiger partial charge in [-0.25, -0.2) is 4.98 Å². The topological polar surface area (TPSA) is 73.4 Å². The van der Waals surface area contributed by atoms with Crippen LogP contribution >= 0.6 is 0 Å². The lowest BCUT2D eigenvalue weighted by Gasteiger charge is -2.20. The molecule has 0 aliphatic carbocycles. The Morgan fingerprint density at radius 2 is 1.81 bits per heavy atom. The van der Waals surface area contributed by atoms with Gasteiger partial charge in [0.2, 0.25) is 5.95 Å². The minimum absolute atomic E-state index is 0.161. The van der Waals surface area contributed by atoms with Crippen LogP contribution in [0.3, 0.4) is 0 Å². The van der Waals surface area contributed by atoms with Crippen molar-refractivity contribution in [3.05, 3.63) is 70.6 Å². The number of ether oxygens (including phenoxy) is 1. The van der Waals surface area contributed by atoms with Crippen LogP contribution in [0.1, 0.15) is 5.69 Å². The van der Waals surface area contributed by atoms with E-state index in [1.165, 1.54) is 10.6 Å². The lowest BCUT2D eigenvalue weighted by atomic mass is 10.0. The number of anilines is 2. The smallest absolute Gasteiger partial charge is 0.254 e. The second-order valence-corrected chi connectivity index (χ2v) is 6.14. The Hall–Kier alpha value is -3.28. The van der Waals surface area contributed by atoms with Gasteiger partial charge < -0.3 is 15.4 Å². The largest absolute Gasteiger partial charge is 0.497 e. The molecule has 0 saturated carbocycles. The highest BCUT2D eigenvalue weighted by Crippen LogP contribution is 2.27. The first-order valence-corrected chi connectivity index (χ1v) is 8.26. The fourth-order valence-electron chi connectivity index (χ4n) is 2.75. The third-order valence-corrected chi connectivity index (χ3v) is 4.31. The Morgan fingerprint density at radius 1 is 1.12 bits per heavy atom. The Balaban J connectivity index is 1.86. The average Bonchev–Trinajstić information content (AvgIpc) is 2.66. The Bertz CT molecular complexity index is 982. The second-order valence-electron chi connectivity index (χ2n) is 6.14. The summed E-state index contributed by atoms with van der Waals surface area (Å²) in [5.41, 5.74) is 9.45. The van der Waals surface area contributed by atoms with Crippen molar-refractivity contribution in [3.63, 3.8) is 0 Å². The number of nitrogens with zero attached hydrogens (tertiary/aromatic N) is 3. The van der Waals surface area contributed by atoms with Gasteiger partial charge in [-0.2, -0.15) is 0 Å². The molecule has 3 rings (SSSR count). The number of nitrogens with two attached hydrogens (primary N) is 1. The van der Waals surface area contributed by atoms with Crippen molar-refractivity contribution in [2.45, 2.75) is 6.54 Å². The third kappa shape index (κ3) is 3.69. The number of hydrogen-bond donors (Lipinski definition) is 1. The van der Waals surface area contributed by atoms with Gasteiger partial charge in [0, 0.05) is 25.8 Å². The zero-order valence-corrected chi connectivity index (χ0v) is 15.1. The van der Waals surface area contributed by atoms with Crippen molar-refractivity contribution < 1.29 is 4.74 Å². The van der Waals surface area contributed by atoms with Gasteiger partial charge in [0.05, 0.1) is 19.3 Å². The van der Waals surface area contributed by atoms with E-state index in [2.05, 4.69) is 17.1 Å². The third-order valence-electron chi connectivity index (χ3n) is 4.31. The van der Waals surface area contributed by atoms with Gasteiger partial charge in [-0.05, 0) is 35.4 Å². The summed E-state index contributed by atoms with van der Waals surface area (Å²) in [4.78, 5) is 18.2. The normalized spacial score (nSPS) is 10.6. The van der Waals surface area contributed by atoms with Crippen molar-refractivity contribution in [1.82, 2.24) is 9.55 Å². The van der Waals surface area contributed by atoms with E-state index in [1.54, 1.807) is 14.2 Å². The first kappa shape index (κ1) is 17.5. The highest BCUT2D eigenvalue weighted by atomic mass is 16.5. The van der Waals surface area contributed by atoms with Gasteiger partial charge in [0.1, 0.15) is 5.75 Å². The summed E-state index contributed by atoms with van der Waals surface area (Å²) >= 11 is 0. The van der Waals surface area contributed by atoms with Crippen LogP contribution in [0.5, 0.6) is 5.75 Å². The molecule has 1 aromatic heterocycles. The fourth-order valence-corrected chi connectivity index (χ4v) is 2.75. The molecule has 0 amide bonds. The Morgan fingerprint density at radius 3 is 2.50 bits per heavy atom. The molecule has 0 aliphatic rings. The molecular formula is C20H22N4O2. The van der Waals surface area contributed by atoms with Gasteiger partial charge in [-0.1, -0.05) is 24.3 Å². The molecule has 6 nitrogen and oxygen atoms in total. The number of hydrogen-bond acceptors (Lipinski definition) is 5. The van der Waals surface area contributed by atoms with Crippen molar-refractivity contribution in [2.75, 3.05) is 24.8 Å². The number of nitrogen functional groups attached to an aromatic ring is 1. The molecule has 0 radical (unpaired) electrons. The van der Waals surface area contributed by atoms with E-state index in [9.17, 15) is 4.79 Å². The Kier molecular flexibility index (Phi) is 4.93. The van der Waals surface area contributed by atoms with Crippen LogP contribution in [-0.4, -0.2) is 23.7 Å². The van der Waals surface area contributed by atoms with Crippen LogP contribution < -0.4 is 20.9 Å². The summed E-state index contributed by atoms with van der Waals surface area (Å²) in [7, 11) is 5.22. The van der Waals surface area contributed by atoms with Crippen molar-refractivity contribution in [2.24, 2.45) is 7.05 Å². The Labute approximate surface area is 152 Å². The van der Waals surface area contributed by atoms with Crippen LogP contribution in [0, 0.1) is 0 Å². The quantitative estimate of drug-likeness (QED) is 0.766. The molecule has 0 bridgehead atoms. The summed E-state index contributed by atoms with van der Waals surface area (Å²) < 4.78 is 6.63. The van der Waals surface area contributed by atoms with Crippen LogP contribution in [0.25, 0.3) is 11.1 Å². The highest BCUT2D eigenvalue weighted by Gasteiger charge is 2.08. The maximum absolute atomic E-state index is 11.9. The monoisotopic (exact) mass is 350 g/mol. The van der Waals surface area contributed by atoms with Crippen molar-refractivity contribution >= 4 is 11.6 Å². The van der Waals surface area contributed by atoms with Crippen LogP contribution in [-0.2, 0) is 13.6 Å². The maximum atomic E-state index is 11.9. The van der Waals surface area contributed by atoms with E-state index >= 15 is 0 Å².